The Balaban J connectivity index is 1.56. The topological polar surface area (TPSA) is 81.1 Å². The Kier molecular flexibility index (Phi) is 6.38. The van der Waals surface area contributed by atoms with Gasteiger partial charge in [-0.15, -0.1) is 5.10 Å². The number of rotatable bonds is 6. The van der Waals surface area contributed by atoms with E-state index in [1.807, 2.05) is 31.6 Å². The number of hydrogen-bond acceptors (Lipinski definition) is 5. The highest BCUT2D eigenvalue weighted by molar-refractivity contribution is 5.68. The number of carbonyl (C=O) groups excluding carboxylic acids is 1. The lowest BCUT2D eigenvalue weighted by atomic mass is 9.91. The van der Waals surface area contributed by atoms with Crippen LogP contribution >= 0.6 is 0 Å². The molecular formula is C16H29N5O2. The second-order valence-electron chi connectivity index (χ2n) is 7.17. The molecule has 1 aliphatic carbocycles. The molecule has 1 aromatic heterocycles. The van der Waals surface area contributed by atoms with Crippen LogP contribution < -0.4 is 10.6 Å². The summed E-state index contributed by atoms with van der Waals surface area (Å²) in [6.07, 6.45) is 8.49. The molecule has 0 spiro atoms. The number of amides is 1. The van der Waals surface area contributed by atoms with Crippen molar-refractivity contribution in [3.8, 4) is 0 Å². The minimum atomic E-state index is -0.438. The molecule has 1 amide bonds. The molecule has 7 nitrogen and oxygen atoms in total. The Morgan fingerprint density at radius 1 is 1.26 bits per heavy atom. The summed E-state index contributed by atoms with van der Waals surface area (Å²) in [6, 6.07) is 0.778. The fraction of sp³-hybridized carbons (Fsp3) is 0.812. The van der Waals surface area contributed by atoms with E-state index in [-0.39, 0.29) is 12.1 Å². The first-order valence-electron chi connectivity index (χ1n) is 8.49. The van der Waals surface area contributed by atoms with Gasteiger partial charge in [0, 0.05) is 24.8 Å². The summed E-state index contributed by atoms with van der Waals surface area (Å²) in [6.45, 7) is 7.52. The minimum absolute atomic E-state index is 0.234. The van der Waals surface area contributed by atoms with E-state index in [1.165, 1.54) is 0 Å². The molecule has 1 heterocycles. The van der Waals surface area contributed by atoms with E-state index in [9.17, 15) is 4.79 Å². The molecular weight excluding hydrogens is 294 g/mol. The monoisotopic (exact) mass is 323 g/mol. The highest BCUT2D eigenvalue weighted by atomic mass is 16.6. The number of aryl methyl sites for hydroxylation is 1. The van der Waals surface area contributed by atoms with Gasteiger partial charge in [-0.1, -0.05) is 5.21 Å². The molecule has 0 radical (unpaired) electrons. The lowest BCUT2D eigenvalue weighted by Crippen LogP contribution is -2.44. The van der Waals surface area contributed by atoms with Gasteiger partial charge in [0.25, 0.3) is 0 Å². The van der Waals surface area contributed by atoms with E-state index >= 15 is 0 Å². The van der Waals surface area contributed by atoms with Gasteiger partial charge in [0.1, 0.15) is 5.60 Å². The third-order valence-electron chi connectivity index (χ3n) is 3.92. The van der Waals surface area contributed by atoms with Crippen LogP contribution in [0.1, 0.15) is 52.9 Å². The van der Waals surface area contributed by atoms with Crippen molar-refractivity contribution in [2.24, 2.45) is 0 Å². The van der Waals surface area contributed by atoms with Crippen molar-refractivity contribution < 1.29 is 9.53 Å². The first-order valence-corrected chi connectivity index (χ1v) is 8.49. The van der Waals surface area contributed by atoms with E-state index in [0.29, 0.717) is 6.04 Å². The van der Waals surface area contributed by atoms with Crippen LogP contribution in [0.25, 0.3) is 0 Å². The zero-order chi connectivity index (χ0) is 16.7. The fourth-order valence-corrected chi connectivity index (χ4v) is 2.82. The molecule has 7 heteroatoms. The van der Waals surface area contributed by atoms with E-state index in [4.69, 9.17) is 4.74 Å². The maximum Gasteiger partial charge on any atom is 0.407 e. The van der Waals surface area contributed by atoms with E-state index in [2.05, 4.69) is 20.9 Å². The summed E-state index contributed by atoms with van der Waals surface area (Å²) < 4.78 is 7.15. The normalized spacial score (nSPS) is 21.9. The van der Waals surface area contributed by atoms with Gasteiger partial charge in [-0.2, -0.15) is 0 Å². The van der Waals surface area contributed by atoms with Crippen LogP contribution in [0, 0.1) is 0 Å². The van der Waals surface area contributed by atoms with Crippen LogP contribution in [0.2, 0.25) is 0 Å². The van der Waals surface area contributed by atoms with Gasteiger partial charge in [-0.25, -0.2) is 4.79 Å². The predicted molar refractivity (Wildman–Crippen MR) is 88.1 cm³/mol. The Morgan fingerprint density at radius 2 is 1.96 bits per heavy atom. The Labute approximate surface area is 138 Å². The number of hydrogen-bond donors (Lipinski definition) is 2. The summed E-state index contributed by atoms with van der Waals surface area (Å²) >= 11 is 0. The van der Waals surface area contributed by atoms with Crippen LogP contribution in [0.4, 0.5) is 4.79 Å². The molecule has 0 bridgehead atoms. The van der Waals surface area contributed by atoms with Gasteiger partial charge >= 0.3 is 6.09 Å². The van der Waals surface area contributed by atoms with Gasteiger partial charge in [-0.3, -0.25) is 4.68 Å². The van der Waals surface area contributed by atoms with Crippen molar-refractivity contribution >= 4 is 6.09 Å². The summed E-state index contributed by atoms with van der Waals surface area (Å²) in [5, 5.41) is 14.3. The molecule has 0 aliphatic heterocycles. The van der Waals surface area contributed by atoms with Crippen molar-refractivity contribution in [3.63, 3.8) is 0 Å². The lowest BCUT2D eigenvalue weighted by molar-refractivity contribution is 0.0490. The molecule has 2 N–H and O–H groups in total. The Hall–Kier alpha value is -1.63. The SMILES string of the molecule is CC(C)(C)OC(=O)NC1CCC(NCCCn2ccnn2)CC1. The summed E-state index contributed by atoms with van der Waals surface area (Å²) in [5.74, 6) is 0. The van der Waals surface area contributed by atoms with Gasteiger partial charge in [0.2, 0.25) is 0 Å². The van der Waals surface area contributed by atoms with E-state index in [0.717, 1.165) is 45.2 Å². The average Bonchev–Trinajstić information content (AvgIpc) is 2.96. The molecule has 0 atom stereocenters. The maximum atomic E-state index is 11.8. The number of alkyl carbamates (subject to hydrolysis) is 1. The van der Waals surface area contributed by atoms with Gasteiger partial charge in [0.15, 0.2) is 0 Å². The maximum absolute atomic E-state index is 11.8. The van der Waals surface area contributed by atoms with Crippen molar-refractivity contribution in [2.45, 2.75) is 77.1 Å². The number of ether oxygens (including phenoxy) is 1. The van der Waals surface area contributed by atoms with Crippen LogP contribution in [-0.2, 0) is 11.3 Å². The zero-order valence-corrected chi connectivity index (χ0v) is 14.4. The summed E-state index contributed by atoms with van der Waals surface area (Å²) in [7, 11) is 0. The fourth-order valence-electron chi connectivity index (χ4n) is 2.82. The predicted octanol–water partition coefficient (Wildman–Crippen LogP) is 2.09. The third-order valence-corrected chi connectivity index (χ3v) is 3.92. The van der Waals surface area contributed by atoms with Crippen LogP contribution in [0.3, 0.4) is 0 Å². The summed E-state index contributed by atoms with van der Waals surface area (Å²) in [5.41, 5.74) is -0.438. The molecule has 1 aliphatic rings. The van der Waals surface area contributed by atoms with Crippen LogP contribution in [0.5, 0.6) is 0 Å². The average molecular weight is 323 g/mol. The Morgan fingerprint density at radius 3 is 2.57 bits per heavy atom. The number of nitrogens with one attached hydrogen (secondary N) is 2. The molecule has 130 valence electrons. The summed E-state index contributed by atoms with van der Waals surface area (Å²) in [4.78, 5) is 11.8. The van der Waals surface area contributed by atoms with Crippen molar-refractivity contribution in [3.05, 3.63) is 12.4 Å². The molecule has 1 fully saturated rings. The molecule has 2 rings (SSSR count). The van der Waals surface area contributed by atoms with Gasteiger partial charge in [-0.05, 0) is 59.4 Å². The van der Waals surface area contributed by atoms with E-state index in [1.54, 1.807) is 6.20 Å². The first-order chi connectivity index (χ1) is 10.9. The van der Waals surface area contributed by atoms with Crippen LogP contribution in [0.15, 0.2) is 12.4 Å². The second-order valence-corrected chi connectivity index (χ2v) is 7.17. The van der Waals surface area contributed by atoms with Crippen molar-refractivity contribution in [1.29, 1.82) is 0 Å². The van der Waals surface area contributed by atoms with Crippen molar-refractivity contribution in [1.82, 2.24) is 25.6 Å². The molecule has 1 aromatic rings. The zero-order valence-electron chi connectivity index (χ0n) is 14.4. The van der Waals surface area contributed by atoms with Gasteiger partial charge in [0.05, 0.1) is 6.20 Å². The highest BCUT2D eigenvalue weighted by Gasteiger charge is 2.24. The van der Waals surface area contributed by atoms with Crippen LogP contribution in [-0.4, -0.2) is 45.3 Å². The molecule has 23 heavy (non-hydrogen) atoms. The minimum Gasteiger partial charge on any atom is -0.444 e. The van der Waals surface area contributed by atoms with Crippen molar-refractivity contribution in [2.75, 3.05) is 6.54 Å². The molecule has 0 aromatic carbocycles. The number of aromatic nitrogens is 3. The standard InChI is InChI=1S/C16H29N5O2/c1-16(2,3)23-15(22)19-14-7-5-13(6-8-14)17-9-4-11-21-12-10-18-20-21/h10,12-14,17H,4-9,11H2,1-3H3,(H,19,22). The molecule has 0 saturated heterocycles. The number of carbonyl (C=O) groups is 1. The third kappa shape index (κ3) is 6.99. The van der Waals surface area contributed by atoms with Gasteiger partial charge < -0.3 is 15.4 Å². The number of nitrogens with zero attached hydrogens (tertiary/aromatic N) is 3. The molecule has 0 unspecified atom stereocenters. The smallest absolute Gasteiger partial charge is 0.407 e. The lowest BCUT2D eigenvalue weighted by Gasteiger charge is -2.30. The quantitative estimate of drug-likeness (QED) is 0.784. The largest absolute Gasteiger partial charge is 0.444 e. The van der Waals surface area contributed by atoms with E-state index < -0.39 is 5.60 Å². The first kappa shape index (κ1) is 17.7. The Bertz CT molecular complexity index is 461. The highest BCUT2D eigenvalue weighted by Crippen LogP contribution is 2.19. The second kappa shape index (κ2) is 8.29. The molecule has 1 saturated carbocycles.